The summed E-state index contributed by atoms with van der Waals surface area (Å²) >= 11 is 0. The number of nitrogens with two attached hydrogens (primary N) is 1. The van der Waals surface area contributed by atoms with Crippen LogP contribution < -0.4 is 11.3 Å². The normalized spacial score (nSPS) is 13.4. The summed E-state index contributed by atoms with van der Waals surface area (Å²) in [5, 5.41) is 0. The lowest BCUT2D eigenvalue weighted by molar-refractivity contribution is 0.911. The topological polar surface area (TPSA) is 38.0 Å². The maximum Gasteiger partial charge on any atom is 0.0519 e. The number of benzene rings is 1. The first-order valence-electron chi connectivity index (χ1n) is 3.99. The van der Waals surface area contributed by atoms with Gasteiger partial charge in [0, 0.05) is 0 Å². The van der Waals surface area contributed by atoms with Crippen LogP contribution in [0.1, 0.15) is 17.5 Å². The second-order valence-corrected chi connectivity index (χ2v) is 2.94. The lowest BCUT2D eigenvalue weighted by Crippen LogP contribution is -2.08. The van der Waals surface area contributed by atoms with Crippen LogP contribution in [0.25, 0.3) is 0 Å². The molecule has 0 spiro atoms. The van der Waals surface area contributed by atoms with Gasteiger partial charge in [0.25, 0.3) is 0 Å². The number of anilines is 1. The molecule has 0 radical (unpaired) electrons. The third-order valence-electron chi connectivity index (χ3n) is 2.30. The van der Waals surface area contributed by atoms with Crippen LogP contribution in [0.15, 0.2) is 18.2 Å². The van der Waals surface area contributed by atoms with E-state index in [0.717, 1.165) is 5.69 Å². The molecule has 0 saturated heterocycles. The molecule has 0 amide bonds. The third-order valence-corrected chi connectivity index (χ3v) is 2.30. The summed E-state index contributed by atoms with van der Waals surface area (Å²) in [5.41, 5.74) is 6.70. The van der Waals surface area contributed by atoms with Crippen molar-refractivity contribution in [1.82, 2.24) is 0 Å². The fraction of sp³-hybridized carbons (Fsp3) is 0.333. The molecule has 0 heterocycles. The van der Waals surface area contributed by atoms with Crippen molar-refractivity contribution in [3.63, 3.8) is 0 Å². The molecule has 0 saturated carbocycles. The van der Waals surface area contributed by atoms with E-state index in [-0.39, 0.29) is 12.4 Å². The Bertz CT molecular complexity index is 273. The van der Waals surface area contributed by atoms with Gasteiger partial charge < -0.3 is 5.43 Å². The number of hydrazine groups is 1. The molecule has 1 aliphatic carbocycles. The van der Waals surface area contributed by atoms with Crippen LogP contribution in [0.3, 0.4) is 0 Å². The first-order chi connectivity index (χ1) is 5.42. The number of fused-ring (bicyclic) bond motifs is 1. The van der Waals surface area contributed by atoms with Crippen LogP contribution in [0.2, 0.25) is 0 Å². The predicted molar refractivity (Wildman–Crippen MR) is 53.5 cm³/mol. The Labute approximate surface area is 78.5 Å². The first kappa shape index (κ1) is 9.36. The maximum atomic E-state index is 5.37. The van der Waals surface area contributed by atoms with Crippen LogP contribution >= 0.6 is 12.4 Å². The second kappa shape index (κ2) is 3.78. The molecule has 0 bridgehead atoms. The van der Waals surface area contributed by atoms with Gasteiger partial charge >= 0.3 is 0 Å². The van der Waals surface area contributed by atoms with Gasteiger partial charge in [0.05, 0.1) is 5.69 Å². The molecule has 0 atom stereocenters. The van der Waals surface area contributed by atoms with Gasteiger partial charge in [0.2, 0.25) is 0 Å². The fourth-order valence-corrected chi connectivity index (χ4v) is 1.75. The van der Waals surface area contributed by atoms with Gasteiger partial charge in [-0.05, 0) is 36.5 Å². The Balaban J connectivity index is 0.000000720. The quantitative estimate of drug-likeness (QED) is 0.517. The fourth-order valence-electron chi connectivity index (χ4n) is 1.75. The zero-order chi connectivity index (χ0) is 7.68. The number of hydrogen-bond donors (Lipinski definition) is 2. The summed E-state index contributed by atoms with van der Waals surface area (Å²) < 4.78 is 0. The van der Waals surface area contributed by atoms with Crippen molar-refractivity contribution in [2.45, 2.75) is 19.3 Å². The summed E-state index contributed by atoms with van der Waals surface area (Å²) in [4.78, 5) is 0. The highest BCUT2D eigenvalue weighted by Crippen LogP contribution is 2.27. The predicted octanol–water partition coefficient (Wildman–Crippen LogP) is 1.88. The van der Waals surface area contributed by atoms with Crippen molar-refractivity contribution in [3.8, 4) is 0 Å². The molecule has 3 heteroatoms. The van der Waals surface area contributed by atoms with Gasteiger partial charge in [-0.2, -0.15) is 0 Å². The van der Waals surface area contributed by atoms with Gasteiger partial charge in [0.1, 0.15) is 0 Å². The Hall–Kier alpha value is -0.730. The molecular weight excluding hydrogens is 172 g/mol. The minimum Gasteiger partial charge on any atom is -0.324 e. The average molecular weight is 185 g/mol. The zero-order valence-electron chi connectivity index (χ0n) is 6.84. The van der Waals surface area contributed by atoms with E-state index in [1.54, 1.807) is 0 Å². The van der Waals surface area contributed by atoms with E-state index in [4.69, 9.17) is 5.84 Å². The minimum absolute atomic E-state index is 0. The molecule has 2 nitrogen and oxygen atoms in total. The lowest BCUT2D eigenvalue weighted by Gasteiger charge is -2.05. The van der Waals surface area contributed by atoms with Crippen molar-refractivity contribution in [2.24, 2.45) is 5.84 Å². The van der Waals surface area contributed by atoms with Crippen molar-refractivity contribution in [2.75, 3.05) is 5.43 Å². The van der Waals surface area contributed by atoms with E-state index in [1.165, 1.54) is 30.4 Å². The van der Waals surface area contributed by atoms with Crippen molar-refractivity contribution < 1.29 is 0 Å². The van der Waals surface area contributed by atoms with Crippen LogP contribution in [0.4, 0.5) is 5.69 Å². The maximum absolute atomic E-state index is 5.37. The smallest absolute Gasteiger partial charge is 0.0519 e. The molecule has 0 aromatic heterocycles. The largest absolute Gasteiger partial charge is 0.324 e. The van der Waals surface area contributed by atoms with Gasteiger partial charge in [-0.25, -0.2) is 0 Å². The SMILES string of the molecule is Cl.NNc1cccc2c1CCC2. The van der Waals surface area contributed by atoms with Crippen LogP contribution in [0.5, 0.6) is 0 Å². The Morgan fingerprint density at radius 3 is 2.83 bits per heavy atom. The summed E-state index contributed by atoms with van der Waals surface area (Å²) in [6.45, 7) is 0. The number of nitrogen functional groups attached to an aromatic ring is 1. The molecule has 66 valence electrons. The molecule has 1 aromatic rings. The zero-order valence-corrected chi connectivity index (χ0v) is 7.66. The van der Waals surface area contributed by atoms with Crippen molar-refractivity contribution >= 4 is 18.1 Å². The first-order valence-corrected chi connectivity index (χ1v) is 3.99. The summed E-state index contributed by atoms with van der Waals surface area (Å²) in [5.74, 6) is 5.37. The number of rotatable bonds is 1. The summed E-state index contributed by atoms with van der Waals surface area (Å²) in [7, 11) is 0. The van der Waals surface area contributed by atoms with Crippen molar-refractivity contribution in [1.29, 1.82) is 0 Å². The molecule has 3 N–H and O–H groups in total. The third kappa shape index (κ3) is 1.40. The molecule has 2 rings (SSSR count). The average Bonchev–Trinajstić information content (AvgIpc) is 2.50. The molecular formula is C9H13ClN2. The Morgan fingerprint density at radius 2 is 2.08 bits per heavy atom. The van der Waals surface area contributed by atoms with Crippen molar-refractivity contribution in [3.05, 3.63) is 29.3 Å². The van der Waals surface area contributed by atoms with E-state index in [0.29, 0.717) is 0 Å². The highest BCUT2D eigenvalue weighted by molar-refractivity contribution is 5.85. The van der Waals surface area contributed by atoms with Gasteiger partial charge in [-0.3, -0.25) is 5.84 Å². The Kier molecular flexibility index (Phi) is 2.95. The monoisotopic (exact) mass is 184 g/mol. The Morgan fingerprint density at radius 1 is 1.25 bits per heavy atom. The van der Waals surface area contributed by atoms with Gasteiger partial charge in [-0.15, -0.1) is 12.4 Å². The van der Waals surface area contributed by atoms with Crippen LogP contribution in [-0.4, -0.2) is 0 Å². The van der Waals surface area contributed by atoms with E-state index >= 15 is 0 Å². The van der Waals surface area contributed by atoms with E-state index in [9.17, 15) is 0 Å². The standard InChI is InChI=1S/C9H12N2.ClH/c10-11-9-6-2-4-7-3-1-5-8(7)9;/h2,4,6,11H,1,3,5,10H2;1H. The van der Waals surface area contributed by atoms with E-state index in [1.807, 2.05) is 6.07 Å². The van der Waals surface area contributed by atoms with Crippen LogP contribution in [0, 0.1) is 0 Å². The summed E-state index contributed by atoms with van der Waals surface area (Å²) in [6.07, 6.45) is 3.66. The van der Waals surface area contributed by atoms with Gasteiger partial charge in [0.15, 0.2) is 0 Å². The summed E-state index contributed by atoms with van der Waals surface area (Å²) in [6, 6.07) is 6.27. The molecule has 12 heavy (non-hydrogen) atoms. The van der Waals surface area contributed by atoms with Crippen LogP contribution in [-0.2, 0) is 12.8 Å². The lowest BCUT2D eigenvalue weighted by atomic mass is 10.1. The molecule has 1 aliphatic rings. The second-order valence-electron chi connectivity index (χ2n) is 2.94. The molecule has 1 aromatic carbocycles. The molecule has 0 unspecified atom stereocenters. The number of halogens is 1. The van der Waals surface area contributed by atoms with E-state index < -0.39 is 0 Å². The molecule has 0 fully saturated rings. The number of nitrogens with one attached hydrogen (secondary N) is 1. The number of hydrogen-bond acceptors (Lipinski definition) is 2. The highest BCUT2D eigenvalue weighted by atomic mass is 35.5. The molecule has 0 aliphatic heterocycles. The van der Waals surface area contributed by atoms with Gasteiger partial charge in [-0.1, -0.05) is 12.1 Å². The van der Waals surface area contributed by atoms with E-state index in [2.05, 4.69) is 17.6 Å². The minimum atomic E-state index is 0. The number of aryl methyl sites for hydroxylation is 1. The highest BCUT2D eigenvalue weighted by Gasteiger charge is 2.12.